The van der Waals surface area contributed by atoms with Crippen LogP contribution < -0.4 is 14.4 Å². The van der Waals surface area contributed by atoms with Crippen LogP contribution in [0.25, 0.3) is 0 Å². The van der Waals surface area contributed by atoms with Crippen LogP contribution in [0.15, 0.2) is 52.9 Å². The molecule has 4 aliphatic rings. The second-order valence-corrected chi connectivity index (χ2v) is 17.8. The van der Waals surface area contributed by atoms with Gasteiger partial charge < -0.3 is 24.0 Å². The second kappa shape index (κ2) is 16.5. The lowest BCUT2D eigenvalue weighted by molar-refractivity contribution is 0.0511. The van der Waals surface area contributed by atoms with Gasteiger partial charge in [-0.25, -0.2) is 9.00 Å². The monoisotopic (exact) mass is 754 g/mol. The number of hydrogen-bond acceptors (Lipinski definition) is 7. The van der Waals surface area contributed by atoms with E-state index >= 15 is 0 Å². The minimum atomic E-state index is -3.49. The second-order valence-electron chi connectivity index (χ2n) is 15.3. The number of piperidine rings is 1. The minimum Gasteiger partial charge on any atom is -0.490 e. The molecule has 1 spiro atoms. The molecule has 6 atom stereocenters. The van der Waals surface area contributed by atoms with Crippen molar-refractivity contribution < 1.29 is 28.0 Å². The maximum Gasteiger partial charge on any atom is 0.329 e. The molecule has 12 heteroatoms. The quantitative estimate of drug-likeness (QED) is 0.324. The molecule has 6 rings (SSSR count). The number of likely N-dealkylation sites (tertiary alicyclic amines) is 1. The van der Waals surface area contributed by atoms with E-state index in [9.17, 15) is 13.8 Å². The summed E-state index contributed by atoms with van der Waals surface area (Å²) in [7, 11) is -0.0636. The van der Waals surface area contributed by atoms with Gasteiger partial charge in [-0.3, -0.25) is 9.52 Å². The number of anilines is 1. The predicted molar refractivity (Wildman–Crippen MR) is 207 cm³/mol. The number of allylic oxidation sites excluding steroid dienone is 1. The summed E-state index contributed by atoms with van der Waals surface area (Å²) in [6, 6.07) is 11.1. The van der Waals surface area contributed by atoms with E-state index in [0.717, 1.165) is 36.4 Å². The Morgan fingerprint density at radius 1 is 1.13 bits per heavy atom. The third kappa shape index (κ3) is 8.48. The molecule has 1 fully saturated rings. The summed E-state index contributed by atoms with van der Waals surface area (Å²) in [5.41, 5.74) is 3.36. The first-order chi connectivity index (χ1) is 25.0. The molecular formula is C40H55ClN4O6S. The van der Waals surface area contributed by atoms with E-state index in [1.54, 1.807) is 25.2 Å². The summed E-state index contributed by atoms with van der Waals surface area (Å²) in [6.45, 7) is 9.31. The Labute approximate surface area is 314 Å². The van der Waals surface area contributed by atoms with Gasteiger partial charge in [-0.05, 0) is 97.7 Å². The lowest BCUT2D eigenvalue weighted by Crippen LogP contribution is -2.48. The van der Waals surface area contributed by atoms with Crippen molar-refractivity contribution in [3.63, 3.8) is 0 Å². The van der Waals surface area contributed by atoms with Gasteiger partial charge in [0.1, 0.15) is 15.7 Å². The Bertz CT molecular complexity index is 1770. The van der Waals surface area contributed by atoms with Crippen molar-refractivity contribution >= 4 is 39.1 Å². The van der Waals surface area contributed by atoms with E-state index in [-0.39, 0.29) is 41.1 Å². The Morgan fingerprint density at radius 2 is 1.92 bits per heavy atom. The smallest absolute Gasteiger partial charge is 0.329 e. The standard InChI is InChI=1S/C40H55ClN4O6S/c1-6-33-28(3)23-45-25-40(18-8-10-29-21-31(41)13-14-34(29)40)26-51-37-15-12-30(22-35(37)45)38(46)42-52(48,24-27(2)9-7-11-36(33)50-5)43-39(47)44-19-16-32(49-4)17-20-44/h7,11-15,21-22,27-28,32-33,36H,6,8-10,16-20,23-26H2,1-5H3,(H,42,43,46,47,48)/b11-7+/t27-,28-,33+,36-,40-,52?/m0/s1. The van der Waals surface area contributed by atoms with Crippen molar-refractivity contribution in [2.75, 3.05) is 57.7 Å². The van der Waals surface area contributed by atoms with E-state index in [1.165, 1.54) is 11.1 Å². The lowest BCUT2D eigenvalue weighted by atomic mass is 9.70. The molecule has 3 aliphatic heterocycles. The third-order valence-corrected chi connectivity index (χ3v) is 13.8. The third-order valence-electron chi connectivity index (χ3n) is 11.6. The Hall–Kier alpha value is -3.12. The molecule has 3 amide bonds. The van der Waals surface area contributed by atoms with E-state index in [4.69, 9.17) is 25.8 Å². The number of nitrogens with one attached hydrogen (secondary N) is 1. The first-order valence-corrected chi connectivity index (χ1v) is 20.9. The molecule has 1 N–H and O–H groups in total. The molecule has 0 saturated carbocycles. The lowest BCUT2D eigenvalue weighted by Gasteiger charge is -2.42. The molecule has 1 aliphatic carbocycles. The van der Waals surface area contributed by atoms with Gasteiger partial charge in [0, 0.05) is 56.4 Å². The number of amides is 3. The molecule has 52 heavy (non-hydrogen) atoms. The van der Waals surface area contributed by atoms with Crippen molar-refractivity contribution in [1.82, 2.24) is 9.62 Å². The number of hydrogen-bond donors (Lipinski definition) is 1. The average molecular weight is 755 g/mol. The topological polar surface area (TPSA) is 110 Å². The summed E-state index contributed by atoms with van der Waals surface area (Å²) >= 11 is 6.47. The van der Waals surface area contributed by atoms with Crippen LogP contribution in [-0.2, 0) is 31.2 Å². The van der Waals surface area contributed by atoms with Gasteiger partial charge in [0.2, 0.25) is 0 Å². The first kappa shape index (κ1) is 38.6. The van der Waals surface area contributed by atoms with Crippen molar-refractivity contribution in [3.05, 3.63) is 70.3 Å². The van der Waals surface area contributed by atoms with Gasteiger partial charge in [-0.1, -0.05) is 57.0 Å². The van der Waals surface area contributed by atoms with E-state index in [0.29, 0.717) is 63.4 Å². The number of urea groups is 1. The van der Waals surface area contributed by atoms with Gasteiger partial charge in [0.15, 0.2) is 0 Å². The number of ether oxygens (including phenoxy) is 3. The van der Waals surface area contributed by atoms with Gasteiger partial charge in [0.05, 0.1) is 30.3 Å². The van der Waals surface area contributed by atoms with Crippen LogP contribution >= 0.6 is 11.6 Å². The van der Waals surface area contributed by atoms with Crippen molar-refractivity contribution in [1.29, 1.82) is 0 Å². The molecule has 0 radical (unpaired) electrons. The number of methoxy groups -OCH3 is 2. The van der Waals surface area contributed by atoms with Crippen molar-refractivity contribution in [3.8, 4) is 5.75 Å². The molecule has 2 aromatic carbocycles. The highest BCUT2D eigenvalue weighted by atomic mass is 35.5. The highest BCUT2D eigenvalue weighted by molar-refractivity contribution is 7.92. The van der Waals surface area contributed by atoms with Crippen LogP contribution in [-0.4, -0.2) is 86.0 Å². The molecule has 1 saturated heterocycles. The fourth-order valence-corrected chi connectivity index (χ4v) is 10.8. The number of aryl methyl sites for hydroxylation is 1. The number of nitrogens with zero attached hydrogens (tertiary/aromatic N) is 3. The van der Waals surface area contributed by atoms with Crippen LogP contribution in [0, 0.1) is 17.8 Å². The SMILES string of the molecule is CC[C@H]1[C@@H](OC)/C=C/C[C@H](C)CS(=O)(NC(=O)N2CCC(OC)CC2)=NC(=O)c2ccc3c(c2)N(C[C@@H]1C)C[C@@]1(CCCc2cc(Cl)ccc21)CO3. The van der Waals surface area contributed by atoms with Crippen LogP contribution in [0.4, 0.5) is 10.5 Å². The predicted octanol–water partition coefficient (Wildman–Crippen LogP) is 7.43. The van der Waals surface area contributed by atoms with Crippen molar-refractivity contribution in [2.24, 2.45) is 22.1 Å². The molecular weight excluding hydrogens is 700 g/mol. The van der Waals surface area contributed by atoms with E-state index in [1.807, 2.05) is 25.1 Å². The number of rotatable bonds is 4. The molecule has 3 heterocycles. The number of carbonyl (C=O) groups is 2. The minimum absolute atomic E-state index is 0.0285. The Morgan fingerprint density at radius 3 is 2.65 bits per heavy atom. The summed E-state index contributed by atoms with van der Waals surface area (Å²) in [5.74, 6) is 0.408. The van der Waals surface area contributed by atoms with Gasteiger partial charge in [0.25, 0.3) is 5.91 Å². The summed E-state index contributed by atoms with van der Waals surface area (Å²) in [5, 5.41) is 0.737. The Balaban J connectivity index is 1.41. The van der Waals surface area contributed by atoms with Crippen LogP contribution in [0.1, 0.15) is 80.8 Å². The molecule has 2 aromatic rings. The maximum absolute atomic E-state index is 14.6. The highest BCUT2D eigenvalue weighted by Gasteiger charge is 2.42. The normalized spacial score (nSPS) is 30.8. The molecule has 0 aromatic heterocycles. The average Bonchev–Trinajstić information content (AvgIpc) is 3.27. The zero-order chi connectivity index (χ0) is 37.0. The Kier molecular flexibility index (Phi) is 12.2. The van der Waals surface area contributed by atoms with Crippen LogP contribution in [0.5, 0.6) is 5.75 Å². The maximum atomic E-state index is 14.6. The molecule has 284 valence electrons. The van der Waals surface area contributed by atoms with Gasteiger partial charge in [-0.15, -0.1) is 4.36 Å². The number of fused-ring (bicyclic) bond motifs is 3. The largest absolute Gasteiger partial charge is 0.490 e. The highest BCUT2D eigenvalue weighted by Crippen LogP contribution is 2.45. The summed E-state index contributed by atoms with van der Waals surface area (Å²) in [6.07, 6.45) is 10.0. The number of benzene rings is 2. The molecule has 2 bridgehead atoms. The van der Waals surface area contributed by atoms with Gasteiger partial charge in [-0.2, -0.15) is 0 Å². The fourth-order valence-electron chi connectivity index (χ4n) is 8.77. The zero-order valence-corrected chi connectivity index (χ0v) is 32.8. The zero-order valence-electron chi connectivity index (χ0n) is 31.3. The molecule has 10 nitrogen and oxygen atoms in total. The van der Waals surface area contributed by atoms with Crippen LogP contribution in [0.2, 0.25) is 5.02 Å². The first-order valence-electron chi connectivity index (χ1n) is 18.8. The molecule has 1 unspecified atom stereocenters. The fraction of sp³-hybridized carbons (Fsp3) is 0.600. The van der Waals surface area contributed by atoms with Crippen molar-refractivity contribution in [2.45, 2.75) is 83.3 Å². The van der Waals surface area contributed by atoms with Crippen LogP contribution in [0.3, 0.4) is 0 Å². The van der Waals surface area contributed by atoms with E-state index < -0.39 is 21.9 Å². The number of halogens is 1. The van der Waals surface area contributed by atoms with E-state index in [2.05, 4.69) is 52.1 Å². The summed E-state index contributed by atoms with van der Waals surface area (Å²) < 4.78 is 39.9. The number of carbonyl (C=O) groups excluding carboxylic acids is 2. The summed E-state index contributed by atoms with van der Waals surface area (Å²) in [4.78, 5) is 31.5. The van der Waals surface area contributed by atoms with Gasteiger partial charge >= 0.3 is 6.03 Å².